The molecule has 0 aliphatic carbocycles. The van der Waals surface area contributed by atoms with Crippen molar-refractivity contribution in [2.24, 2.45) is 0 Å². The molecule has 0 aromatic carbocycles. The lowest BCUT2D eigenvalue weighted by molar-refractivity contribution is -0.889. The number of esters is 2. The summed E-state index contributed by atoms with van der Waals surface area (Å²) in [7, 11) is 5.37. The van der Waals surface area contributed by atoms with Gasteiger partial charge in [-0.25, -0.2) is 0 Å². The summed E-state index contributed by atoms with van der Waals surface area (Å²) in [5.41, 5.74) is 0. The first-order valence-electron chi connectivity index (χ1n) is 19.8. The van der Waals surface area contributed by atoms with Gasteiger partial charge in [-0.1, -0.05) is 120 Å². The smallest absolute Gasteiger partial charge is 0.306 e. The van der Waals surface area contributed by atoms with Gasteiger partial charge in [0, 0.05) is 19.3 Å². The summed E-state index contributed by atoms with van der Waals surface area (Å²) >= 11 is 0. The molecule has 0 bridgehead atoms. The highest BCUT2D eigenvalue weighted by molar-refractivity contribution is 5.70. The molecule has 0 radical (unpaired) electrons. The van der Waals surface area contributed by atoms with E-state index in [1.54, 1.807) is 21.1 Å². The van der Waals surface area contributed by atoms with Gasteiger partial charge >= 0.3 is 11.9 Å². The summed E-state index contributed by atoms with van der Waals surface area (Å²) in [6, 6.07) is -0.738. The number of hydrogen-bond donors (Lipinski definition) is 0. The lowest BCUT2D eigenvalue weighted by Gasteiger charge is -2.34. The van der Waals surface area contributed by atoms with E-state index in [9.17, 15) is 19.5 Å². The lowest BCUT2D eigenvalue weighted by Crippen LogP contribution is -2.55. The first-order chi connectivity index (χ1) is 24.6. The third-order valence-corrected chi connectivity index (χ3v) is 8.42. The van der Waals surface area contributed by atoms with Gasteiger partial charge in [0.15, 0.2) is 6.10 Å². The molecule has 0 rings (SSSR count). The van der Waals surface area contributed by atoms with E-state index in [0.29, 0.717) is 12.8 Å². The predicted octanol–water partition coefficient (Wildman–Crippen LogP) is 8.91. The zero-order chi connectivity index (χ0) is 37.8. The molecule has 0 amide bonds. The molecule has 0 saturated heterocycles. The number of aliphatic carboxylic acids is 1. The molecule has 0 aliphatic heterocycles. The molecule has 2 unspecified atom stereocenters. The van der Waals surface area contributed by atoms with E-state index in [-0.39, 0.29) is 55.5 Å². The third kappa shape index (κ3) is 32.7. The van der Waals surface area contributed by atoms with Crippen LogP contribution in [-0.4, -0.2) is 75.5 Å². The number of nitrogens with zero attached hydrogens (tertiary/aromatic N) is 1. The normalized spacial score (nSPS) is 13.7. The fourth-order valence-electron chi connectivity index (χ4n) is 5.32. The minimum atomic E-state index is -1.14. The molecule has 0 heterocycles. The molecule has 2 atom stereocenters. The van der Waals surface area contributed by atoms with Crippen molar-refractivity contribution in [3.63, 3.8) is 0 Å². The SMILES string of the molecule is CC/C=C/C/C=C/C/C=C/CCCC(=O)OCC(COCCC(C(=O)[O-])[N+](C)(C)C)OC(=O)CCCCC/C=C/C=C/CCCCCCCCC. The minimum Gasteiger partial charge on any atom is -0.544 e. The van der Waals surface area contributed by atoms with Crippen LogP contribution in [0.4, 0.5) is 0 Å². The molecular formula is C43H73NO7. The summed E-state index contributed by atoms with van der Waals surface area (Å²) in [5, 5.41) is 11.6. The van der Waals surface area contributed by atoms with Crippen molar-refractivity contribution in [2.75, 3.05) is 41.0 Å². The van der Waals surface area contributed by atoms with Gasteiger partial charge in [-0.15, -0.1) is 0 Å². The predicted molar refractivity (Wildman–Crippen MR) is 208 cm³/mol. The topological polar surface area (TPSA) is 102 Å². The van der Waals surface area contributed by atoms with Crippen LogP contribution in [0, 0.1) is 0 Å². The second-order valence-electron chi connectivity index (χ2n) is 14.2. The van der Waals surface area contributed by atoms with E-state index in [1.165, 1.54) is 44.9 Å². The number of allylic oxidation sites excluding steroid dienone is 10. The van der Waals surface area contributed by atoms with Gasteiger partial charge in [-0.3, -0.25) is 9.59 Å². The highest BCUT2D eigenvalue weighted by atomic mass is 16.6. The Balaban J connectivity index is 4.52. The zero-order valence-electron chi connectivity index (χ0n) is 33.0. The summed E-state index contributed by atoms with van der Waals surface area (Å²) in [6.45, 7) is 4.42. The van der Waals surface area contributed by atoms with Gasteiger partial charge in [0.25, 0.3) is 0 Å². The molecule has 51 heavy (non-hydrogen) atoms. The number of unbranched alkanes of at least 4 members (excludes halogenated alkanes) is 11. The van der Waals surface area contributed by atoms with Gasteiger partial charge in [0.1, 0.15) is 12.6 Å². The van der Waals surface area contributed by atoms with E-state index in [1.807, 2.05) is 0 Å². The van der Waals surface area contributed by atoms with Crippen molar-refractivity contribution in [3.05, 3.63) is 60.8 Å². The molecule has 0 aromatic rings. The highest BCUT2D eigenvalue weighted by Gasteiger charge is 2.25. The number of hydrogen-bond acceptors (Lipinski definition) is 7. The molecule has 8 heteroatoms. The van der Waals surface area contributed by atoms with Crippen molar-refractivity contribution in [1.82, 2.24) is 0 Å². The number of quaternary nitrogens is 1. The lowest BCUT2D eigenvalue weighted by atomic mass is 10.1. The van der Waals surface area contributed by atoms with Crippen molar-refractivity contribution in [2.45, 2.75) is 154 Å². The third-order valence-electron chi connectivity index (χ3n) is 8.42. The van der Waals surface area contributed by atoms with Gasteiger partial charge in [-0.2, -0.15) is 0 Å². The van der Waals surface area contributed by atoms with E-state index in [4.69, 9.17) is 14.2 Å². The van der Waals surface area contributed by atoms with E-state index >= 15 is 0 Å². The minimum absolute atomic E-state index is 0.0116. The Morgan fingerprint density at radius 3 is 1.78 bits per heavy atom. The maximum Gasteiger partial charge on any atom is 0.306 e. The average molecular weight is 716 g/mol. The van der Waals surface area contributed by atoms with Crippen LogP contribution < -0.4 is 5.11 Å². The van der Waals surface area contributed by atoms with Gasteiger partial charge in [0.2, 0.25) is 0 Å². The second kappa shape index (κ2) is 34.1. The first-order valence-corrected chi connectivity index (χ1v) is 19.8. The Labute approximate surface area is 311 Å². The zero-order valence-corrected chi connectivity index (χ0v) is 33.0. The van der Waals surface area contributed by atoms with Crippen molar-refractivity contribution >= 4 is 17.9 Å². The Kier molecular flexibility index (Phi) is 32.1. The molecule has 8 nitrogen and oxygen atoms in total. The maximum atomic E-state index is 12.6. The molecular weight excluding hydrogens is 642 g/mol. The molecule has 0 spiro atoms. The number of carbonyl (C=O) groups excluding carboxylic acids is 3. The Morgan fingerprint density at radius 2 is 1.18 bits per heavy atom. The fraction of sp³-hybridized carbons (Fsp3) is 0.698. The Bertz CT molecular complexity index is 1020. The largest absolute Gasteiger partial charge is 0.544 e. The molecule has 0 saturated carbocycles. The summed E-state index contributed by atoms with van der Waals surface area (Å²) < 4.78 is 17.0. The van der Waals surface area contributed by atoms with E-state index in [2.05, 4.69) is 74.6 Å². The van der Waals surface area contributed by atoms with Crippen molar-refractivity contribution in [3.8, 4) is 0 Å². The van der Waals surface area contributed by atoms with Gasteiger partial charge in [-0.05, 0) is 64.2 Å². The van der Waals surface area contributed by atoms with E-state index < -0.39 is 18.1 Å². The van der Waals surface area contributed by atoms with Crippen LogP contribution in [0.2, 0.25) is 0 Å². The van der Waals surface area contributed by atoms with Crippen molar-refractivity contribution < 1.29 is 38.2 Å². The molecule has 0 aliphatic rings. The van der Waals surface area contributed by atoms with E-state index in [0.717, 1.165) is 51.4 Å². The van der Waals surface area contributed by atoms with Crippen LogP contribution in [-0.2, 0) is 28.6 Å². The fourth-order valence-corrected chi connectivity index (χ4v) is 5.32. The summed E-state index contributed by atoms with van der Waals surface area (Å²) in [5.74, 6) is -1.85. The van der Waals surface area contributed by atoms with Crippen molar-refractivity contribution in [1.29, 1.82) is 0 Å². The molecule has 0 fully saturated rings. The quantitative estimate of drug-likeness (QED) is 0.0216. The van der Waals surface area contributed by atoms with Crippen LogP contribution in [0.5, 0.6) is 0 Å². The summed E-state index contributed by atoms with van der Waals surface area (Å²) in [6.07, 6.45) is 39.8. The van der Waals surface area contributed by atoms with Crippen LogP contribution in [0.25, 0.3) is 0 Å². The number of ether oxygens (including phenoxy) is 3. The Hall–Kier alpha value is -2.97. The van der Waals surface area contributed by atoms with Gasteiger partial charge in [0.05, 0.1) is 40.3 Å². The average Bonchev–Trinajstić information content (AvgIpc) is 3.08. The van der Waals surface area contributed by atoms with Crippen LogP contribution in [0.15, 0.2) is 60.8 Å². The number of carbonyl (C=O) groups is 3. The van der Waals surface area contributed by atoms with Crippen LogP contribution in [0.1, 0.15) is 142 Å². The molecule has 0 aromatic heterocycles. The van der Waals surface area contributed by atoms with Crippen LogP contribution in [0.3, 0.4) is 0 Å². The number of rotatable bonds is 34. The van der Waals surface area contributed by atoms with Crippen LogP contribution >= 0.6 is 0 Å². The number of carboxylic acid groups (broad SMARTS) is 1. The number of likely N-dealkylation sites (N-methyl/N-ethyl adjacent to an activating group) is 1. The summed E-state index contributed by atoms with van der Waals surface area (Å²) in [4.78, 5) is 36.6. The monoisotopic (exact) mass is 716 g/mol. The molecule has 0 N–H and O–H groups in total. The highest BCUT2D eigenvalue weighted by Crippen LogP contribution is 2.11. The standard InChI is InChI=1S/C43H73NO7/c1-6-8-10-12-14-16-18-19-20-21-22-24-26-28-30-32-34-42(46)51-39(37-49-36-35-40(43(47)48)44(3,4)5)38-50-41(45)33-31-29-27-25-23-17-15-13-11-9-7-2/h9,11,15,17,20-22,24-25,27,39-40H,6-8,10,12-14,16,18-19,23,26,28-38H2,1-5H3/b11-9+,17-15+,21-20+,24-22+,27-25+. The Morgan fingerprint density at radius 1 is 0.627 bits per heavy atom. The first kappa shape index (κ1) is 48.0. The number of carboxylic acids is 1. The maximum absolute atomic E-state index is 12.6. The molecule has 292 valence electrons. The second-order valence-corrected chi connectivity index (χ2v) is 14.2. The van der Waals surface area contributed by atoms with Gasteiger partial charge < -0.3 is 28.6 Å².